The highest BCUT2D eigenvalue weighted by Crippen LogP contribution is 2.28. The van der Waals surface area contributed by atoms with E-state index in [9.17, 15) is 5.11 Å². The average molecular weight is 245 g/mol. The fraction of sp³-hybridized carbons (Fsp3) is 1.00. The number of rotatable bonds is 11. The van der Waals surface area contributed by atoms with E-state index in [-0.39, 0.29) is 0 Å². The van der Waals surface area contributed by atoms with Crippen LogP contribution in [0.4, 0.5) is 0 Å². The van der Waals surface area contributed by atoms with Crippen LogP contribution < -0.4 is 5.32 Å². The van der Waals surface area contributed by atoms with Gasteiger partial charge in [-0.1, -0.05) is 19.3 Å². The van der Waals surface area contributed by atoms with Gasteiger partial charge in [0, 0.05) is 13.2 Å². The monoisotopic (exact) mass is 245 g/mol. The first-order valence-corrected chi connectivity index (χ1v) is 6.87. The van der Waals surface area contributed by atoms with Crippen molar-refractivity contribution in [3.8, 4) is 0 Å². The molecule has 0 spiro atoms. The normalized spacial score (nSPS) is 18.0. The Morgan fingerprint density at radius 2 is 2.06 bits per heavy atom. The summed E-state index contributed by atoms with van der Waals surface area (Å²) in [5.74, 6) is 0.932. The molecule has 0 aromatic heterocycles. The predicted molar refractivity (Wildman–Crippen MR) is 68.1 cm³/mol. The number of aliphatic hydroxyl groups is 1. The zero-order valence-electron chi connectivity index (χ0n) is 11.0. The second-order valence-electron chi connectivity index (χ2n) is 4.72. The van der Waals surface area contributed by atoms with Gasteiger partial charge in [0.15, 0.2) is 0 Å². The molecule has 102 valence electrons. The molecule has 0 heterocycles. The van der Waals surface area contributed by atoms with E-state index < -0.39 is 6.10 Å². The number of nitrogens with one attached hydrogen (secondary N) is 1. The molecule has 1 fully saturated rings. The predicted octanol–water partition coefficient (Wildman–Crippen LogP) is 1.18. The van der Waals surface area contributed by atoms with Gasteiger partial charge in [0.2, 0.25) is 0 Å². The van der Waals surface area contributed by atoms with Gasteiger partial charge in [0.1, 0.15) is 0 Å². The van der Waals surface area contributed by atoms with E-state index in [1.807, 2.05) is 6.92 Å². The molecule has 0 aliphatic heterocycles. The minimum Gasteiger partial charge on any atom is -0.389 e. The van der Waals surface area contributed by atoms with Crippen molar-refractivity contribution in [1.82, 2.24) is 5.32 Å². The van der Waals surface area contributed by atoms with Crippen molar-refractivity contribution in [1.29, 1.82) is 0 Å². The molecule has 17 heavy (non-hydrogen) atoms. The molecule has 1 atom stereocenters. The van der Waals surface area contributed by atoms with Crippen LogP contribution in [0.3, 0.4) is 0 Å². The lowest BCUT2D eigenvalue weighted by atomic mass is 9.83. The maximum Gasteiger partial charge on any atom is 0.0897 e. The molecular weight excluding hydrogens is 218 g/mol. The molecule has 1 rings (SSSR count). The Morgan fingerprint density at radius 3 is 2.71 bits per heavy atom. The summed E-state index contributed by atoms with van der Waals surface area (Å²) in [5.41, 5.74) is 0. The first-order chi connectivity index (χ1) is 8.33. The molecule has 0 saturated heterocycles. The van der Waals surface area contributed by atoms with E-state index >= 15 is 0 Å². The topological polar surface area (TPSA) is 50.7 Å². The summed E-state index contributed by atoms with van der Waals surface area (Å²) in [6.45, 7) is 5.88. The Bertz CT molecular complexity index is 174. The van der Waals surface area contributed by atoms with Crippen LogP contribution in [0.15, 0.2) is 0 Å². The van der Waals surface area contributed by atoms with E-state index in [2.05, 4.69) is 5.32 Å². The van der Waals surface area contributed by atoms with Crippen molar-refractivity contribution in [2.45, 2.75) is 38.7 Å². The first kappa shape index (κ1) is 14.9. The fourth-order valence-corrected chi connectivity index (χ4v) is 1.90. The van der Waals surface area contributed by atoms with Gasteiger partial charge < -0.3 is 19.9 Å². The maximum atomic E-state index is 9.61. The quantitative estimate of drug-likeness (QED) is 0.537. The van der Waals surface area contributed by atoms with Gasteiger partial charge in [-0.3, -0.25) is 0 Å². The van der Waals surface area contributed by atoms with Crippen molar-refractivity contribution in [2.24, 2.45) is 5.92 Å². The van der Waals surface area contributed by atoms with Gasteiger partial charge in [-0.15, -0.1) is 0 Å². The molecule has 0 radical (unpaired) electrons. The molecule has 0 amide bonds. The van der Waals surface area contributed by atoms with Gasteiger partial charge in [0.25, 0.3) is 0 Å². The van der Waals surface area contributed by atoms with Crippen LogP contribution in [0.1, 0.15) is 32.6 Å². The van der Waals surface area contributed by atoms with Crippen molar-refractivity contribution < 1.29 is 14.6 Å². The van der Waals surface area contributed by atoms with Gasteiger partial charge >= 0.3 is 0 Å². The summed E-state index contributed by atoms with van der Waals surface area (Å²) >= 11 is 0. The molecule has 4 nitrogen and oxygen atoms in total. The number of hydrogen-bond acceptors (Lipinski definition) is 4. The lowest BCUT2D eigenvalue weighted by Gasteiger charge is -2.25. The van der Waals surface area contributed by atoms with Crippen LogP contribution >= 0.6 is 0 Å². The number of aliphatic hydroxyl groups excluding tert-OH is 1. The standard InChI is InChI=1S/C13H27NO3/c1-2-16-8-9-17-11-13(15)10-14-7-6-12-4-3-5-12/h12-15H,2-11H2,1H3. The van der Waals surface area contributed by atoms with Gasteiger partial charge in [-0.2, -0.15) is 0 Å². The summed E-state index contributed by atoms with van der Waals surface area (Å²) in [7, 11) is 0. The lowest BCUT2D eigenvalue weighted by molar-refractivity contribution is 0.00642. The number of ether oxygens (including phenoxy) is 2. The number of hydrogen-bond donors (Lipinski definition) is 2. The van der Waals surface area contributed by atoms with Gasteiger partial charge in [0.05, 0.1) is 25.9 Å². The fourth-order valence-electron chi connectivity index (χ4n) is 1.90. The zero-order valence-corrected chi connectivity index (χ0v) is 11.0. The molecule has 0 aromatic carbocycles. The molecule has 1 saturated carbocycles. The largest absolute Gasteiger partial charge is 0.389 e. The third-order valence-electron chi connectivity index (χ3n) is 3.22. The minimum absolute atomic E-state index is 0.392. The van der Waals surface area contributed by atoms with Gasteiger partial charge in [-0.25, -0.2) is 0 Å². The van der Waals surface area contributed by atoms with Crippen LogP contribution in [0.5, 0.6) is 0 Å². The molecule has 4 heteroatoms. The van der Waals surface area contributed by atoms with E-state index in [1.54, 1.807) is 0 Å². The van der Waals surface area contributed by atoms with Crippen LogP contribution in [-0.2, 0) is 9.47 Å². The molecular formula is C13H27NO3. The molecule has 0 aromatic rings. The van der Waals surface area contributed by atoms with Crippen molar-refractivity contribution in [2.75, 3.05) is 39.5 Å². The summed E-state index contributed by atoms with van der Waals surface area (Å²) in [5, 5.41) is 12.9. The van der Waals surface area contributed by atoms with Gasteiger partial charge in [-0.05, 0) is 25.8 Å². The van der Waals surface area contributed by atoms with E-state index in [0.717, 1.165) is 12.5 Å². The third-order valence-corrected chi connectivity index (χ3v) is 3.22. The van der Waals surface area contributed by atoms with Crippen molar-refractivity contribution >= 4 is 0 Å². The summed E-state index contributed by atoms with van der Waals surface area (Å²) in [6, 6.07) is 0. The SMILES string of the molecule is CCOCCOCC(O)CNCCC1CCC1. The van der Waals surface area contributed by atoms with Crippen molar-refractivity contribution in [3.63, 3.8) is 0 Å². The van der Waals surface area contributed by atoms with Crippen LogP contribution in [0, 0.1) is 5.92 Å². The Morgan fingerprint density at radius 1 is 1.29 bits per heavy atom. The lowest BCUT2D eigenvalue weighted by Crippen LogP contribution is -2.32. The average Bonchev–Trinajstić information content (AvgIpc) is 2.26. The van der Waals surface area contributed by atoms with Crippen molar-refractivity contribution in [3.05, 3.63) is 0 Å². The Labute approximate surface area is 105 Å². The van der Waals surface area contributed by atoms with Crippen LogP contribution in [0.2, 0.25) is 0 Å². The Hall–Kier alpha value is -0.160. The second kappa shape index (κ2) is 9.83. The molecule has 1 aliphatic carbocycles. The summed E-state index contributed by atoms with van der Waals surface area (Å²) < 4.78 is 10.4. The van der Waals surface area contributed by atoms with E-state index in [4.69, 9.17) is 9.47 Å². The molecule has 0 bridgehead atoms. The summed E-state index contributed by atoms with van der Waals surface area (Å²) in [6.07, 6.45) is 5.03. The van der Waals surface area contributed by atoms with E-state index in [0.29, 0.717) is 33.0 Å². The Kier molecular flexibility index (Phi) is 8.61. The Balaban J connectivity index is 1.78. The highest BCUT2D eigenvalue weighted by molar-refractivity contribution is 4.70. The minimum atomic E-state index is -0.405. The highest BCUT2D eigenvalue weighted by Gasteiger charge is 2.16. The first-order valence-electron chi connectivity index (χ1n) is 6.87. The zero-order chi connectivity index (χ0) is 12.3. The summed E-state index contributed by atoms with van der Waals surface area (Å²) in [4.78, 5) is 0. The smallest absolute Gasteiger partial charge is 0.0897 e. The highest BCUT2D eigenvalue weighted by atomic mass is 16.5. The molecule has 1 unspecified atom stereocenters. The third kappa shape index (κ3) is 7.71. The molecule has 1 aliphatic rings. The molecule has 2 N–H and O–H groups in total. The van der Waals surface area contributed by atoms with Crippen LogP contribution in [-0.4, -0.2) is 50.7 Å². The van der Waals surface area contributed by atoms with Crippen LogP contribution in [0.25, 0.3) is 0 Å². The van der Waals surface area contributed by atoms with E-state index in [1.165, 1.54) is 25.7 Å². The second-order valence-corrected chi connectivity index (χ2v) is 4.72. The maximum absolute atomic E-state index is 9.61.